The van der Waals surface area contributed by atoms with Crippen LogP contribution in [0.4, 0.5) is 13.2 Å². The van der Waals surface area contributed by atoms with E-state index in [1.165, 1.54) is 18.2 Å². The average Bonchev–Trinajstić information content (AvgIpc) is 2.76. The molecule has 1 aliphatic heterocycles. The SMILES string of the molecule is C/C(=C/C(=O)N[C@H]1CCS(=O)(=O)C1)c1ccc(C(F)(F)F)cc1. The molecule has 1 aromatic carbocycles. The first-order valence-corrected chi connectivity index (χ1v) is 8.76. The summed E-state index contributed by atoms with van der Waals surface area (Å²) in [7, 11) is -3.08. The van der Waals surface area contributed by atoms with Crippen molar-refractivity contribution in [2.75, 3.05) is 11.5 Å². The zero-order valence-electron chi connectivity index (χ0n) is 12.4. The maximum atomic E-state index is 12.5. The molecule has 0 spiro atoms. The number of alkyl halides is 3. The Kier molecular flexibility index (Phi) is 4.84. The van der Waals surface area contributed by atoms with Crippen molar-refractivity contribution in [3.05, 3.63) is 41.5 Å². The van der Waals surface area contributed by atoms with Crippen LogP contribution in [0.5, 0.6) is 0 Å². The zero-order chi connectivity index (χ0) is 17.3. The van der Waals surface area contributed by atoms with E-state index in [-0.39, 0.29) is 11.5 Å². The number of allylic oxidation sites excluding steroid dienone is 1. The summed E-state index contributed by atoms with van der Waals surface area (Å²) < 4.78 is 60.1. The van der Waals surface area contributed by atoms with E-state index < -0.39 is 33.5 Å². The normalized spacial score (nSPS) is 21.2. The molecule has 4 nitrogen and oxygen atoms in total. The largest absolute Gasteiger partial charge is 0.416 e. The van der Waals surface area contributed by atoms with Crippen LogP contribution in [0.1, 0.15) is 24.5 Å². The summed E-state index contributed by atoms with van der Waals surface area (Å²) in [5.74, 6) is -0.477. The molecule has 1 amide bonds. The smallest absolute Gasteiger partial charge is 0.349 e. The van der Waals surface area contributed by atoms with Crippen LogP contribution >= 0.6 is 0 Å². The van der Waals surface area contributed by atoms with Crippen LogP contribution in [-0.4, -0.2) is 31.9 Å². The zero-order valence-corrected chi connectivity index (χ0v) is 13.2. The highest BCUT2D eigenvalue weighted by Crippen LogP contribution is 2.30. The molecule has 0 unspecified atom stereocenters. The first-order valence-electron chi connectivity index (χ1n) is 6.94. The number of hydrogen-bond acceptors (Lipinski definition) is 3. The van der Waals surface area contributed by atoms with E-state index in [9.17, 15) is 26.4 Å². The van der Waals surface area contributed by atoms with Gasteiger partial charge in [0.1, 0.15) is 0 Å². The maximum Gasteiger partial charge on any atom is 0.416 e. The topological polar surface area (TPSA) is 63.2 Å². The predicted molar refractivity (Wildman–Crippen MR) is 80.3 cm³/mol. The highest BCUT2D eigenvalue weighted by molar-refractivity contribution is 7.91. The van der Waals surface area contributed by atoms with Gasteiger partial charge in [-0.15, -0.1) is 0 Å². The van der Waals surface area contributed by atoms with Crippen LogP contribution in [0.25, 0.3) is 5.57 Å². The van der Waals surface area contributed by atoms with Gasteiger partial charge in [-0.05, 0) is 36.6 Å². The lowest BCUT2D eigenvalue weighted by Gasteiger charge is -2.10. The minimum Gasteiger partial charge on any atom is -0.349 e. The molecular formula is C15H16F3NO3S. The monoisotopic (exact) mass is 347 g/mol. The molecule has 1 heterocycles. The van der Waals surface area contributed by atoms with Gasteiger partial charge in [0.15, 0.2) is 9.84 Å². The van der Waals surface area contributed by atoms with Gasteiger partial charge in [0.2, 0.25) is 5.91 Å². The summed E-state index contributed by atoms with van der Waals surface area (Å²) in [6.45, 7) is 1.60. The van der Waals surface area contributed by atoms with Gasteiger partial charge in [-0.3, -0.25) is 4.79 Å². The third-order valence-corrected chi connectivity index (χ3v) is 5.36. The highest BCUT2D eigenvalue weighted by Gasteiger charge is 2.30. The quantitative estimate of drug-likeness (QED) is 0.854. The van der Waals surface area contributed by atoms with E-state index in [0.29, 0.717) is 17.6 Å². The van der Waals surface area contributed by atoms with Crippen molar-refractivity contribution in [2.24, 2.45) is 0 Å². The van der Waals surface area contributed by atoms with Crippen LogP contribution in [0, 0.1) is 0 Å². The van der Waals surface area contributed by atoms with E-state index in [2.05, 4.69) is 5.32 Å². The van der Waals surface area contributed by atoms with Gasteiger partial charge in [0, 0.05) is 12.1 Å². The summed E-state index contributed by atoms with van der Waals surface area (Å²) in [6, 6.07) is 4.08. The highest BCUT2D eigenvalue weighted by atomic mass is 32.2. The number of halogens is 3. The Morgan fingerprint density at radius 3 is 2.35 bits per heavy atom. The van der Waals surface area contributed by atoms with Crippen LogP contribution < -0.4 is 5.32 Å². The molecule has 1 fully saturated rings. The van der Waals surface area contributed by atoms with Gasteiger partial charge in [-0.1, -0.05) is 12.1 Å². The fourth-order valence-electron chi connectivity index (χ4n) is 2.35. The molecule has 1 N–H and O–H groups in total. The molecule has 0 saturated carbocycles. The second-order valence-corrected chi connectivity index (χ2v) is 7.74. The standard InChI is InChI=1S/C15H16F3NO3S/c1-10(11-2-4-12(5-3-11)15(16,17)18)8-14(20)19-13-6-7-23(21,22)9-13/h2-5,8,13H,6-7,9H2,1H3,(H,19,20)/b10-8-/t13-/m0/s1. The average molecular weight is 347 g/mol. The Bertz CT molecular complexity index is 721. The summed E-state index contributed by atoms with van der Waals surface area (Å²) in [6.07, 6.45) is -2.77. The van der Waals surface area contributed by atoms with E-state index in [0.717, 1.165) is 12.1 Å². The molecule has 0 radical (unpaired) electrons. The fourth-order valence-corrected chi connectivity index (χ4v) is 4.03. The summed E-state index contributed by atoms with van der Waals surface area (Å²) in [4.78, 5) is 11.9. The van der Waals surface area contributed by atoms with Crippen molar-refractivity contribution >= 4 is 21.3 Å². The molecule has 0 aliphatic carbocycles. The van der Waals surface area contributed by atoms with Crippen molar-refractivity contribution < 1.29 is 26.4 Å². The Balaban J connectivity index is 2.03. The molecule has 8 heteroatoms. The summed E-state index contributed by atoms with van der Waals surface area (Å²) in [5, 5.41) is 2.60. The van der Waals surface area contributed by atoms with Gasteiger partial charge in [-0.2, -0.15) is 13.2 Å². The van der Waals surface area contributed by atoms with E-state index in [1.54, 1.807) is 6.92 Å². The predicted octanol–water partition coefficient (Wildman–Crippen LogP) is 2.41. The molecule has 1 aliphatic rings. The number of carbonyl (C=O) groups is 1. The summed E-state index contributed by atoms with van der Waals surface area (Å²) in [5.41, 5.74) is 0.235. The van der Waals surface area contributed by atoms with Crippen molar-refractivity contribution in [3.63, 3.8) is 0 Å². The second kappa shape index (κ2) is 6.35. The third kappa shape index (κ3) is 4.82. The fraction of sp³-hybridized carbons (Fsp3) is 0.400. The number of sulfone groups is 1. The Labute approximate surface area is 132 Å². The van der Waals surface area contributed by atoms with Gasteiger partial charge < -0.3 is 5.32 Å². The Hall–Kier alpha value is -1.83. The lowest BCUT2D eigenvalue weighted by atomic mass is 10.0. The number of benzene rings is 1. The third-order valence-electron chi connectivity index (χ3n) is 3.59. The van der Waals surface area contributed by atoms with Crippen LogP contribution in [0.2, 0.25) is 0 Å². The van der Waals surface area contributed by atoms with Crippen molar-refractivity contribution in [3.8, 4) is 0 Å². The molecule has 23 heavy (non-hydrogen) atoms. The lowest BCUT2D eigenvalue weighted by Crippen LogP contribution is -2.34. The van der Waals surface area contributed by atoms with Crippen molar-refractivity contribution in [1.82, 2.24) is 5.32 Å². The molecule has 0 aromatic heterocycles. The van der Waals surface area contributed by atoms with Gasteiger partial charge >= 0.3 is 6.18 Å². The van der Waals surface area contributed by atoms with Gasteiger partial charge in [-0.25, -0.2) is 8.42 Å². The van der Waals surface area contributed by atoms with E-state index in [1.807, 2.05) is 0 Å². The van der Waals surface area contributed by atoms with Crippen LogP contribution in [-0.2, 0) is 20.8 Å². The lowest BCUT2D eigenvalue weighted by molar-refractivity contribution is -0.137. The number of carbonyl (C=O) groups excluding carboxylic acids is 1. The van der Waals surface area contributed by atoms with Crippen molar-refractivity contribution in [2.45, 2.75) is 25.6 Å². The van der Waals surface area contributed by atoms with Gasteiger partial charge in [0.25, 0.3) is 0 Å². The minimum absolute atomic E-state index is 0.0551. The number of amides is 1. The first-order chi connectivity index (χ1) is 10.6. The molecule has 1 atom stereocenters. The molecule has 126 valence electrons. The van der Waals surface area contributed by atoms with E-state index in [4.69, 9.17) is 0 Å². The Morgan fingerprint density at radius 1 is 1.26 bits per heavy atom. The van der Waals surface area contributed by atoms with Gasteiger partial charge in [0.05, 0.1) is 17.1 Å². The number of hydrogen-bond donors (Lipinski definition) is 1. The molecule has 1 saturated heterocycles. The summed E-state index contributed by atoms with van der Waals surface area (Å²) >= 11 is 0. The number of nitrogens with one attached hydrogen (secondary N) is 1. The molecule has 1 aromatic rings. The second-order valence-electron chi connectivity index (χ2n) is 5.51. The van der Waals surface area contributed by atoms with E-state index >= 15 is 0 Å². The Morgan fingerprint density at radius 2 is 1.87 bits per heavy atom. The van der Waals surface area contributed by atoms with Crippen molar-refractivity contribution in [1.29, 1.82) is 0 Å². The first kappa shape index (κ1) is 17.5. The minimum atomic E-state index is -4.40. The van der Waals surface area contributed by atoms with Crippen LogP contribution in [0.15, 0.2) is 30.3 Å². The van der Waals surface area contributed by atoms with Crippen LogP contribution in [0.3, 0.4) is 0 Å². The maximum absolute atomic E-state index is 12.5. The number of rotatable bonds is 3. The molecule has 2 rings (SSSR count). The molecule has 0 bridgehead atoms. The molecular weight excluding hydrogens is 331 g/mol.